The molecular formula is C17H22N4O4. The number of aromatic nitrogens is 1. The zero-order valence-electron chi connectivity index (χ0n) is 14.2. The number of hydrogen-bond donors (Lipinski definition) is 1. The van der Waals surface area contributed by atoms with Crippen molar-refractivity contribution < 1.29 is 19.1 Å². The summed E-state index contributed by atoms with van der Waals surface area (Å²) in [6, 6.07) is 3.37. The SMILES string of the molecule is CCOC(=O)N1CCN(C(=O)c2ccnc(C(=O)NC3CC3)c2)CC1. The molecule has 1 aliphatic heterocycles. The molecule has 3 amide bonds. The molecule has 0 spiro atoms. The Balaban J connectivity index is 1.59. The Labute approximate surface area is 146 Å². The fraction of sp³-hybridized carbons (Fsp3) is 0.529. The standard InChI is InChI=1S/C17H22N4O4/c1-2-25-17(24)21-9-7-20(8-10-21)16(23)12-5-6-18-14(11-12)15(22)19-13-3-4-13/h5-6,11,13H,2-4,7-10H2,1H3,(H,19,22). The summed E-state index contributed by atoms with van der Waals surface area (Å²) >= 11 is 0. The minimum Gasteiger partial charge on any atom is -0.450 e. The highest BCUT2D eigenvalue weighted by Gasteiger charge is 2.27. The second-order valence-electron chi connectivity index (χ2n) is 6.16. The number of piperazine rings is 1. The van der Waals surface area contributed by atoms with Gasteiger partial charge in [0.2, 0.25) is 0 Å². The van der Waals surface area contributed by atoms with Crippen LogP contribution in [0.5, 0.6) is 0 Å². The van der Waals surface area contributed by atoms with Crippen molar-refractivity contribution >= 4 is 17.9 Å². The Morgan fingerprint density at radius 1 is 1.20 bits per heavy atom. The normalized spacial score (nSPS) is 17.2. The summed E-state index contributed by atoms with van der Waals surface area (Å²) in [5.74, 6) is -0.407. The molecule has 2 fully saturated rings. The first-order valence-corrected chi connectivity index (χ1v) is 8.56. The van der Waals surface area contributed by atoms with Crippen LogP contribution in [0, 0.1) is 0 Å². The highest BCUT2D eigenvalue weighted by Crippen LogP contribution is 2.19. The van der Waals surface area contributed by atoms with Gasteiger partial charge in [0.25, 0.3) is 11.8 Å². The Kier molecular flexibility index (Phi) is 5.16. The second-order valence-corrected chi connectivity index (χ2v) is 6.16. The fourth-order valence-electron chi connectivity index (χ4n) is 2.66. The maximum Gasteiger partial charge on any atom is 0.409 e. The van der Waals surface area contributed by atoms with Gasteiger partial charge < -0.3 is 19.9 Å². The van der Waals surface area contributed by atoms with Crippen LogP contribution in [0.2, 0.25) is 0 Å². The number of rotatable bonds is 4. The molecule has 2 heterocycles. The van der Waals surface area contributed by atoms with Gasteiger partial charge in [0, 0.05) is 44.0 Å². The number of hydrogen-bond acceptors (Lipinski definition) is 5. The van der Waals surface area contributed by atoms with Gasteiger partial charge in [-0.3, -0.25) is 14.6 Å². The lowest BCUT2D eigenvalue weighted by Gasteiger charge is -2.34. The molecule has 0 unspecified atom stereocenters. The van der Waals surface area contributed by atoms with Crippen molar-refractivity contribution in [2.75, 3.05) is 32.8 Å². The van der Waals surface area contributed by atoms with E-state index < -0.39 is 0 Å². The smallest absolute Gasteiger partial charge is 0.409 e. The molecule has 2 aliphatic rings. The summed E-state index contributed by atoms with van der Waals surface area (Å²) in [4.78, 5) is 43.7. The minimum atomic E-state index is -0.349. The summed E-state index contributed by atoms with van der Waals surface area (Å²) in [6.45, 7) is 3.83. The molecule has 1 aromatic rings. The topological polar surface area (TPSA) is 91.8 Å². The maximum absolute atomic E-state index is 12.6. The molecule has 8 nitrogen and oxygen atoms in total. The molecule has 1 saturated carbocycles. The van der Waals surface area contributed by atoms with Gasteiger partial charge in [-0.25, -0.2) is 4.79 Å². The predicted molar refractivity (Wildman–Crippen MR) is 89.2 cm³/mol. The molecule has 1 aliphatic carbocycles. The van der Waals surface area contributed by atoms with Crippen LogP contribution < -0.4 is 5.32 Å². The van der Waals surface area contributed by atoms with Crippen LogP contribution in [0.1, 0.15) is 40.6 Å². The number of ether oxygens (including phenoxy) is 1. The van der Waals surface area contributed by atoms with E-state index in [-0.39, 0.29) is 29.6 Å². The van der Waals surface area contributed by atoms with Crippen LogP contribution in [0.15, 0.2) is 18.3 Å². The molecule has 1 saturated heterocycles. The summed E-state index contributed by atoms with van der Waals surface area (Å²) in [5, 5.41) is 2.86. The molecule has 134 valence electrons. The van der Waals surface area contributed by atoms with Crippen molar-refractivity contribution in [3.8, 4) is 0 Å². The lowest BCUT2D eigenvalue weighted by atomic mass is 10.1. The van der Waals surface area contributed by atoms with Crippen molar-refractivity contribution in [2.24, 2.45) is 0 Å². The van der Waals surface area contributed by atoms with E-state index in [1.54, 1.807) is 22.8 Å². The van der Waals surface area contributed by atoms with Crippen LogP contribution in [-0.4, -0.2) is 71.5 Å². The van der Waals surface area contributed by atoms with Gasteiger partial charge in [0.05, 0.1) is 6.61 Å². The fourth-order valence-corrected chi connectivity index (χ4v) is 2.66. The van der Waals surface area contributed by atoms with Crippen molar-refractivity contribution in [2.45, 2.75) is 25.8 Å². The van der Waals surface area contributed by atoms with E-state index in [0.717, 1.165) is 12.8 Å². The third-order valence-corrected chi connectivity index (χ3v) is 4.24. The number of carbonyl (C=O) groups is 3. The van der Waals surface area contributed by atoms with E-state index in [9.17, 15) is 14.4 Å². The summed E-state index contributed by atoms with van der Waals surface area (Å²) in [7, 11) is 0. The second kappa shape index (κ2) is 7.50. The molecule has 0 bridgehead atoms. The highest BCUT2D eigenvalue weighted by molar-refractivity contribution is 5.98. The van der Waals surface area contributed by atoms with Gasteiger partial charge in [0.15, 0.2) is 0 Å². The monoisotopic (exact) mass is 346 g/mol. The molecular weight excluding hydrogens is 324 g/mol. The van der Waals surface area contributed by atoms with Crippen molar-refractivity contribution in [1.29, 1.82) is 0 Å². The zero-order chi connectivity index (χ0) is 17.8. The van der Waals surface area contributed by atoms with Crippen LogP contribution in [0.3, 0.4) is 0 Å². The first-order valence-electron chi connectivity index (χ1n) is 8.56. The Morgan fingerprint density at radius 2 is 1.88 bits per heavy atom. The van der Waals surface area contributed by atoms with Crippen molar-refractivity contribution in [3.63, 3.8) is 0 Å². The van der Waals surface area contributed by atoms with Crippen molar-refractivity contribution in [1.82, 2.24) is 20.1 Å². The van der Waals surface area contributed by atoms with Crippen LogP contribution in [0.25, 0.3) is 0 Å². The maximum atomic E-state index is 12.6. The molecule has 8 heteroatoms. The first-order chi connectivity index (χ1) is 12.1. The number of pyridine rings is 1. The Bertz CT molecular complexity index is 666. The quantitative estimate of drug-likeness (QED) is 0.874. The third-order valence-electron chi connectivity index (χ3n) is 4.24. The van der Waals surface area contributed by atoms with E-state index in [1.807, 2.05) is 0 Å². The molecule has 1 N–H and O–H groups in total. The minimum absolute atomic E-state index is 0.161. The van der Waals surface area contributed by atoms with Gasteiger partial charge in [-0.15, -0.1) is 0 Å². The number of nitrogens with one attached hydrogen (secondary N) is 1. The molecule has 1 aromatic heterocycles. The average Bonchev–Trinajstić information content (AvgIpc) is 3.45. The third kappa shape index (κ3) is 4.26. The summed E-state index contributed by atoms with van der Waals surface area (Å²) < 4.78 is 4.97. The molecule has 0 atom stereocenters. The van der Waals surface area contributed by atoms with Gasteiger partial charge in [-0.1, -0.05) is 0 Å². The van der Waals surface area contributed by atoms with Crippen LogP contribution >= 0.6 is 0 Å². The van der Waals surface area contributed by atoms with E-state index in [2.05, 4.69) is 10.3 Å². The predicted octanol–water partition coefficient (Wildman–Crippen LogP) is 0.888. The van der Waals surface area contributed by atoms with Gasteiger partial charge in [-0.2, -0.15) is 0 Å². The van der Waals surface area contributed by atoms with E-state index in [0.29, 0.717) is 38.3 Å². The number of carbonyl (C=O) groups excluding carboxylic acids is 3. The van der Waals surface area contributed by atoms with E-state index in [1.165, 1.54) is 12.3 Å². The first kappa shape index (κ1) is 17.2. The van der Waals surface area contributed by atoms with Crippen molar-refractivity contribution in [3.05, 3.63) is 29.6 Å². The molecule has 0 radical (unpaired) electrons. The van der Waals surface area contributed by atoms with E-state index >= 15 is 0 Å². The van der Waals surface area contributed by atoms with E-state index in [4.69, 9.17) is 4.74 Å². The summed E-state index contributed by atoms with van der Waals surface area (Å²) in [5.41, 5.74) is 0.684. The lowest BCUT2D eigenvalue weighted by molar-refractivity contribution is 0.0570. The van der Waals surface area contributed by atoms with Gasteiger partial charge in [0.1, 0.15) is 5.69 Å². The molecule has 3 rings (SSSR count). The van der Waals surface area contributed by atoms with Crippen LogP contribution in [-0.2, 0) is 4.74 Å². The number of nitrogens with zero attached hydrogens (tertiary/aromatic N) is 3. The molecule has 25 heavy (non-hydrogen) atoms. The van der Waals surface area contributed by atoms with Crippen LogP contribution in [0.4, 0.5) is 4.79 Å². The zero-order valence-corrected chi connectivity index (χ0v) is 14.2. The molecule has 0 aromatic carbocycles. The Morgan fingerprint density at radius 3 is 2.52 bits per heavy atom. The number of amides is 3. The lowest BCUT2D eigenvalue weighted by Crippen LogP contribution is -2.50. The van der Waals surface area contributed by atoms with Gasteiger partial charge in [-0.05, 0) is 31.9 Å². The largest absolute Gasteiger partial charge is 0.450 e. The summed E-state index contributed by atoms with van der Waals surface area (Å²) in [6.07, 6.45) is 3.12. The Hall–Kier alpha value is -2.64. The average molecular weight is 346 g/mol. The van der Waals surface area contributed by atoms with Gasteiger partial charge >= 0.3 is 6.09 Å². The highest BCUT2D eigenvalue weighted by atomic mass is 16.6.